The molecule has 17 heavy (non-hydrogen) atoms. The fourth-order valence-corrected chi connectivity index (χ4v) is 3.61. The monoisotopic (exact) mass is 316 g/mol. The number of hydrogen-bond acceptors (Lipinski definition) is 3. The van der Waals surface area contributed by atoms with Gasteiger partial charge < -0.3 is 4.90 Å². The Balaban J connectivity index is 2.59. The van der Waals surface area contributed by atoms with Crippen molar-refractivity contribution in [2.45, 2.75) is 4.90 Å². The van der Waals surface area contributed by atoms with Gasteiger partial charge >= 0.3 is 0 Å². The molecule has 1 aliphatic rings. The summed E-state index contributed by atoms with van der Waals surface area (Å²) in [6.45, 7) is 5.37. The van der Waals surface area contributed by atoms with Gasteiger partial charge in [-0.15, -0.1) is 6.58 Å². The fraction of sp³-hybridized carbons (Fsp3) is 0.273. The fourth-order valence-electron chi connectivity index (χ4n) is 1.82. The minimum atomic E-state index is -3.41. The van der Waals surface area contributed by atoms with Crippen molar-refractivity contribution in [3.8, 4) is 0 Å². The molecule has 0 fully saturated rings. The zero-order valence-electron chi connectivity index (χ0n) is 9.19. The van der Waals surface area contributed by atoms with Crippen molar-refractivity contribution in [3.63, 3.8) is 0 Å². The predicted octanol–water partition coefficient (Wildman–Crippen LogP) is 1.73. The van der Waals surface area contributed by atoms with Gasteiger partial charge in [-0.05, 0) is 18.2 Å². The molecular weight excluding hydrogens is 304 g/mol. The highest BCUT2D eigenvalue weighted by Gasteiger charge is 2.25. The van der Waals surface area contributed by atoms with Crippen molar-refractivity contribution in [1.29, 1.82) is 0 Å². The van der Waals surface area contributed by atoms with Crippen LogP contribution >= 0.6 is 15.9 Å². The summed E-state index contributed by atoms with van der Waals surface area (Å²) >= 11 is 3.30. The quantitative estimate of drug-likeness (QED) is 0.845. The first-order valence-corrected chi connectivity index (χ1v) is 7.47. The van der Waals surface area contributed by atoms with Gasteiger partial charge in [-0.25, -0.2) is 13.1 Å². The topological polar surface area (TPSA) is 49.4 Å². The number of sulfonamides is 1. The zero-order chi connectivity index (χ0) is 12.5. The molecule has 0 bridgehead atoms. The molecule has 1 aromatic carbocycles. The molecule has 0 radical (unpaired) electrons. The van der Waals surface area contributed by atoms with Gasteiger partial charge in [0.05, 0.1) is 5.69 Å². The molecule has 4 nitrogen and oxygen atoms in total. The highest BCUT2D eigenvalue weighted by Crippen LogP contribution is 2.29. The highest BCUT2D eigenvalue weighted by molar-refractivity contribution is 9.10. The molecule has 0 atom stereocenters. The van der Waals surface area contributed by atoms with Gasteiger partial charge in [0, 0.05) is 24.1 Å². The van der Waals surface area contributed by atoms with Crippen molar-refractivity contribution in [1.82, 2.24) is 4.72 Å². The predicted molar refractivity (Wildman–Crippen MR) is 71.7 cm³/mol. The molecule has 1 heterocycles. The summed E-state index contributed by atoms with van der Waals surface area (Å²) in [5, 5.41) is 0. The standard InChI is InChI=1S/C11H13BrN2O2S/c1-2-6-14-7-5-13-17(15,16)11-8-9(12)3-4-10(11)14/h2-4,8,13H,1,5-7H2. The van der Waals surface area contributed by atoms with Crippen LogP contribution in [0.4, 0.5) is 5.69 Å². The van der Waals surface area contributed by atoms with E-state index in [2.05, 4.69) is 27.2 Å². The van der Waals surface area contributed by atoms with E-state index in [1.54, 1.807) is 12.1 Å². The Morgan fingerprint density at radius 2 is 2.29 bits per heavy atom. The molecule has 92 valence electrons. The molecule has 0 amide bonds. The lowest BCUT2D eigenvalue weighted by molar-refractivity contribution is 0.585. The minimum Gasteiger partial charge on any atom is -0.365 e. The molecule has 1 N–H and O–H groups in total. The average Bonchev–Trinajstić information content (AvgIpc) is 2.38. The number of benzene rings is 1. The third-order valence-corrected chi connectivity index (χ3v) is 4.56. The van der Waals surface area contributed by atoms with Crippen LogP contribution in [-0.2, 0) is 10.0 Å². The van der Waals surface area contributed by atoms with E-state index in [9.17, 15) is 8.42 Å². The first kappa shape index (κ1) is 12.6. The van der Waals surface area contributed by atoms with E-state index in [-0.39, 0.29) is 0 Å². The van der Waals surface area contributed by atoms with Gasteiger partial charge in [-0.1, -0.05) is 22.0 Å². The number of hydrogen-bond donors (Lipinski definition) is 1. The van der Waals surface area contributed by atoms with Crippen LogP contribution in [0.2, 0.25) is 0 Å². The number of fused-ring (bicyclic) bond motifs is 1. The molecule has 1 aromatic rings. The molecule has 0 aromatic heterocycles. The van der Waals surface area contributed by atoms with Crippen LogP contribution in [-0.4, -0.2) is 28.1 Å². The van der Waals surface area contributed by atoms with Crippen LogP contribution in [0.25, 0.3) is 0 Å². The second kappa shape index (κ2) is 4.80. The summed E-state index contributed by atoms with van der Waals surface area (Å²) in [5.41, 5.74) is 0.720. The number of nitrogens with zero attached hydrogens (tertiary/aromatic N) is 1. The average molecular weight is 317 g/mol. The first-order chi connectivity index (χ1) is 8.04. The molecular formula is C11H13BrN2O2S. The van der Waals surface area contributed by atoms with Crippen LogP contribution in [0.3, 0.4) is 0 Å². The summed E-state index contributed by atoms with van der Waals surface area (Å²) in [6, 6.07) is 5.28. The molecule has 6 heteroatoms. The third-order valence-electron chi connectivity index (χ3n) is 2.58. The van der Waals surface area contributed by atoms with Gasteiger partial charge in [0.25, 0.3) is 0 Å². The number of halogens is 1. The Kier molecular flexibility index (Phi) is 3.56. The van der Waals surface area contributed by atoms with Crippen molar-refractivity contribution >= 4 is 31.6 Å². The lowest BCUT2D eigenvalue weighted by Gasteiger charge is -2.22. The van der Waals surface area contributed by atoms with Crippen molar-refractivity contribution in [2.75, 3.05) is 24.5 Å². The van der Waals surface area contributed by atoms with Crippen molar-refractivity contribution < 1.29 is 8.42 Å². The van der Waals surface area contributed by atoms with Gasteiger partial charge in [0.1, 0.15) is 4.90 Å². The number of rotatable bonds is 2. The lowest BCUT2D eigenvalue weighted by atomic mass is 10.3. The summed E-state index contributed by atoms with van der Waals surface area (Å²) in [6.07, 6.45) is 1.77. The van der Waals surface area contributed by atoms with E-state index in [1.807, 2.05) is 17.0 Å². The highest BCUT2D eigenvalue weighted by atomic mass is 79.9. The summed E-state index contributed by atoms with van der Waals surface area (Å²) < 4.78 is 27.3. The Morgan fingerprint density at radius 1 is 1.53 bits per heavy atom. The third kappa shape index (κ3) is 2.53. The van der Waals surface area contributed by atoms with Crippen LogP contribution in [0.5, 0.6) is 0 Å². The maximum atomic E-state index is 12.0. The molecule has 0 saturated carbocycles. The SMILES string of the molecule is C=CCN1CCNS(=O)(=O)c2cc(Br)ccc21. The lowest BCUT2D eigenvalue weighted by Crippen LogP contribution is -2.30. The largest absolute Gasteiger partial charge is 0.365 e. The Bertz CT molecular complexity index is 542. The van der Waals surface area contributed by atoms with Gasteiger partial charge in [-0.3, -0.25) is 0 Å². The van der Waals surface area contributed by atoms with Gasteiger partial charge in [0.2, 0.25) is 10.0 Å². The maximum absolute atomic E-state index is 12.0. The van der Waals surface area contributed by atoms with E-state index in [4.69, 9.17) is 0 Å². The molecule has 0 unspecified atom stereocenters. The van der Waals surface area contributed by atoms with Crippen LogP contribution in [0, 0.1) is 0 Å². The van der Waals surface area contributed by atoms with E-state index in [1.165, 1.54) is 0 Å². The summed E-state index contributed by atoms with van der Waals surface area (Å²) in [4.78, 5) is 2.30. The maximum Gasteiger partial charge on any atom is 0.242 e. The Hall–Kier alpha value is -0.850. The van der Waals surface area contributed by atoms with Crippen LogP contribution < -0.4 is 9.62 Å². The number of anilines is 1. The van der Waals surface area contributed by atoms with Crippen molar-refractivity contribution in [3.05, 3.63) is 35.3 Å². The van der Waals surface area contributed by atoms with Crippen molar-refractivity contribution in [2.24, 2.45) is 0 Å². The normalized spacial score (nSPS) is 18.3. The van der Waals surface area contributed by atoms with Gasteiger partial charge in [0.15, 0.2) is 0 Å². The Labute approximate surface area is 109 Å². The van der Waals surface area contributed by atoms with Crippen LogP contribution in [0.15, 0.2) is 40.2 Å². The smallest absolute Gasteiger partial charge is 0.242 e. The number of nitrogens with one attached hydrogen (secondary N) is 1. The van der Waals surface area contributed by atoms with E-state index in [0.29, 0.717) is 24.5 Å². The second-order valence-electron chi connectivity index (χ2n) is 3.74. The molecule has 0 aliphatic carbocycles. The molecule has 1 aliphatic heterocycles. The second-order valence-corrected chi connectivity index (χ2v) is 6.40. The summed E-state index contributed by atoms with van der Waals surface area (Å²) in [5.74, 6) is 0. The minimum absolute atomic E-state index is 0.311. The van der Waals surface area contributed by atoms with E-state index in [0.717, 1.165) is 10.2 Å². The first-order valence-electron chi connectivity index (χ1n) is 5.19. The van der Waals surface area contributed by atoms with E-state index >= 15 is 0 Å². The zero-order valence-corrected chi connectivity index (χ0v) is 11.6. The summed E-state index contributed by atoms with van der Waals surface area (Å²) in [7, 11) is -3.41. The molecule has 2 rings (SSSR count). The Morgan fingerprint density at radius 3 is 3.00 bits per heavy atom. The van der Waals surface area contributed by atoms with Crippen LogP contribution in [0.1, 0.15) is 0 Å². The van der Waals surface area contributed by atoms with Gasteiger partial charge in [-0.2, -0.15) is 0 Å². The van der Waals surface area contributed by atoms with E-state index < -0.39 is 10.0 Å². The molecule has 0 saturated heterocycles. The molecule has 0 spiro atoms.